The average molecular weight is 457 g/mol. The van der Waals surface area contributed by atoms with E-state index in [2.05, 4.69) is 18.8 Å². The molecule has 0 bridgehead atoms. The number of carbonyl (C=O) groups is 1. The number of hydrogen-bond donors (Lipinski definition) is 1. The zero-order chi connectivity index (χ0) is 23.0. The summed E-state index contributed by atoms with van der Waals surface area (Å²) in [5, 5.41) is 1.03. The van der Waals surface area contributed by atoms with Gasteiger partial charge in [-0.1, -0.05) is 13.8 Å². The van der Waals surface area contributed by atoms with Crippen LogP contribution in [0.25, 0.3) is 10.9 Å². The Balaban J connectivity index is 1.73. The molecule has 1 amide bonds. The molecule has 1 N–H and O–H groups in total. The molecule has 1 saturated heterocycles. The fourth-order valence-electron chi connectivity index (χ4n) is 4.64. The second kappa shape index (κ2) is 8.75. The van der Waals surface area contributed by atoms with Gasteiger partial charge in [0.2, 0.25) is 10.0 Å². The van der Waals surface area contributed by atoms with Gasteiger partial charge in [-0.3, -0.25) is 4.79 Å². The monoisotopic (exact) mass is 456 g/mol. The number of fused-ring (bicyclic) bond motifs is 1. The minimum Gasteiger partial charge on any atom is -0.361 e. The van der Waals surface area contributed by atoms with Gasteiger partial charge in [-0.15, -0.1) is 0 Å². The van der Waals surface area contributed by atoms with Crippen molar-refractivity contribution in [3.05, 3.63) is 48.4 Å². The number of benzene rings is 1. The molecule has 0 spiro atoms. The van der Waals surface area contributed by atoms with E-state index in [0.29, 0.717) is 24.7 Å². The number of H-pyrrole nitrogens is 1. The minimum absolute atomic E-state index is 0.0487. The van der Waals surface area contributed by atoms with Gasteiger partial charge in [0.05, 0.1) is 0 Å². The first-order chi connectivity index (χ1) is 15.2. The van der Waals surface area contributed by atoms with E-state index in [1.165, 1.54) is 10.4 Å². The van der Waals surface area contributed by atoms with Crippen molar-refractivity contribution in [1.82, 2.24) is 13.9 Å². The molecule has 1 aliphatic heterocycles. The van der Waals surface area contributed by atoms with E-state index in [9.17, 15) is 13.2 Å². The molecule has 3 aromatic rings. The Kier molecular flexibility index (Phi) is 6.18. The van der Waals surface area contributed by atoms with Crippen LogP contribution in [0.3, 0.4) is 0 Å². The number of amides is 1. The largest absolute Gasteiger partial charge is 0.361 e. The highest BCUT2D eigenvalue weighted by Crippen LogP contribution is 2.29. The first-order valence-corrected chi connectivity index (χ1v) is 12.7. The zero-order valence-electron chi connectivity index (χ0n) is 19.2. The standard InChI is InChI=1S/C24H32N4O3S/c1-17(2)13-18(3)28(20-7-8-22-19(14-20)9-10-25-22)24(29)23-15-21(16-26(23)4)32(30,31)27-11-5-6-12-27/h7-10,14-18,25H,5-6,11-13H2,1-4H3. The third-order valence-corrected chi connectivity index (χ3v) is 8.05. The van der Waals surface area contributed by atoms with E-state index in [1.54, 1.807) is 22.7 Å². The molecule has 32 heavy (non-hydrogen) atoms. The summed E-state index contributed by atoms with van der Waals surface area (Å²) in [7, 11) is -1.85. The number of hydrogen-bond acceptors (Lipinski definition) is 3. The zero-order valence-corrected chi connectivity index (χ0v) is 20.0. The van der Waals surface area contributed by atoms with Gasteiger partial charge in [0.1, 0.15) is 10.6 Å². The third-order valence-electron chi connectivity index (χ3n) is 6.19. The average Bonchev–Trinajstić information content (AvgIpc) is 3.48. The number of nitrogens with zero attached hydrogens (tertiary/aromatic N) is 3. The highest BCUT2D eigenvalue weighted by atomic mass is 32.2. The Labute approximate surface area is 190 Å². The van der Waals surface area contributed by atoms with Crippen molar-refractivity contribution < 1.29 is 13.2 Å². The van der Waals surface area contributed by atoms with Gasteiger partial charge < -0.3 is 14.5 Å². The van der Waals surface area contributed by atoms with Crippen LogP contribution in [-0.4, -0.2) is 47.3 Å². The van der Waals surface area contributed by atoms with Crippen LogP contribution in [0.2, 0.25) is 0 Å². The molecule has 1 aliphatic rings. The van der Waals surface area contributed by atoms with Gasteiger partial charge in [-0.25, -0.2) is 8.42 Å². The lowest BCUT2D eigenvalue weighted by molar-refractivity contribution is 0.0968. The van der Waals surface area contributed by atoms with Crippen molar-refractivity contribution in [2.75, 3.05) is 18.0 Å². The third kappa shape index (κ3) is 4.21. The van der Waals surface area contributed by atoms with E-state index in [1.807, 2.05) is 37.4 Å². The molecule has 0 saturated carbocycles. The van der Waals surface area contributed by atoms with Gasteiger partial charge in [0.25, 0.3) is 5.91 Å². The summed E-state index contributed by atoms with van der Waals surface area (Å²) < 4.78 is 29.2. The molecular formula is C24H32N4O3S. The van der Waals surface area contributed by atoms with Crippen molar-refractivity contribution in [2.45, 2.75) is 51.0 Å². The van der Waals surface area contributed by atoms with Crippen molar-refractivity contribution in [3.63, 3.8) is 0 Å². The van der Waals surface area contributed by atoms with Crippen LogP contribution in [0.15, 0.2) is 47.6 Å². The van der Waals surface area contributed by atoms with E-state index >= 15 is 0 Å². The molecule has 3 heterocycles. The van der Waals surface area contributed by atoms with E-state index in [4.69, 9.17) is 0 Å². The van der Waals surface area contributed by atoms with Gasteiger partial charge in [0.15, 0.2) is 0 Å². The van der Waals surface area contributed by atoms with Gasteiger partial charge in [-0.2, -0.15) is 4.31 Å². The summed E-state index contributed by atoms with van der Waals surface area (Å²) in [6.07, 6.45) is 6.02. The Bertz CT molecular complexity index is 1220. The van der Waals surface area contributed by atoms with Crippen molar-refractivity contribution in [2.24, 2.45) is 13.0 Å². The first-order valence-electron chi connectivity index (χ1n) is 11.3. The lowest BCUT2D eigenvalue weighted by Gasteiger charge is -2.31. The summed E-state index contributed by atoms with van der Waals surface area (Å²) in [6, 6.07) is 9.38. The minimum atomic E-state index is -3.59. The Hall–Kier alpha value is -2.58. The molecule has 7 nitrogen and oxygen atoms in total. The van der Waals surface area contributed by atoms with Crippen LogP contribution in [-0.2, 0) is 17.1 Å². The number of sulfonamides is 1. The summed E-state index contributed by atoms with van der Waals surface area (Å²) in [5.41, 5.74) is 2.18. The summed E-state index contributed by atoms with van der Waals surface area (Å²) in [6.45, 7) is 7.39. The molecule has 4 rings (SSSR count). The molecule has 1 unspecified atom stereocenters. The lowest BCUT2D eigenvalue weighted by atomic mass is 10.0. The van der Waals surface area contributed by atoms with Crippen LogP contribution in [0.1, 0.15) is 50.5 Å². The SMILES string of the molecule is CC(C)CC(C)N(C(=O)c1cc(S(=O)(=O)N2CCCC2)cn1C)c1ccc2[nH]ccc2c1. The van der Waals surface area contributed by atoms with Crippen LogP contribution >= 0.6 is 0 Å². The number of rotatable bonds is 7. The van der Waals surface area contributed by atoms with E-state index in [-0.39, 0.29) is 16.8 Å². The number of carbonyl (C=O) groups excluding carboxylic acids is 1. The van der Waals surface area contributed by atoms with E-state index in [0.717, 1.165) is 35.9 Å². The molecule has 1 fully saturated rings. The predicted molar refractivity (Wildman–Crippen MR) is 127 cm³/mol. The van der Waals surface area contributed by atoms with Crippen molar-refractivity contribution in [3.8, 4) is 0 Å². The maximum atomic E-state index is 13.8. The quantitative estimate of drug-likeness (QED) is 0.573. The maximum absolute atomic E-state index is 13.8. The maximum Gasteiger partial charge on any atom is 0.275 e. The highest BCUT2D eigenvalue weighted by molar-refractivity contribution is 7.89. The second-order valence-electron chi connectivity index (χ2n) is 9.19. The smallest absolute Gasteiger partial charge is 0.275 e. The molecule has 2 aromatic heterocycles. The van der Waals surface area contributed by atoms with Crippen LogP contribution in [0.4, 0.5) is 5.69 Å². The fraction of sp³-hybridized carbons (Fsp3) is 0.458. The van der Waals surface area contributed by atoms with Crippen LogP contribution in [0, 0.1) is 5.92 Å². The first kappa shape index (κ1) is 22.6. The summed E-state index contributed by atoms with van der Waals surface area (Å²) in [4.78, 5) is 19.0. The normalized spacial score (nSPS) is 16.2. The van der Waals surface area contributed by atoms with E-state index < -0.39 is 10.0 Å². The number of aromatic nitrogens is 2. The Morgan fingerprint density at radius 1 is 1.12 bits per heavy atom. The number of anilines is 1. The molecule has 1 atom stereocenters. The van der Waals surface area contributed by atoms with Gasteiger partial charge in [-0.05, 0) is 62.4 Å². The predicted octanol–water partition coefficient (Wildman–Crippen LogP) is 4.37. The van der Waals surface area contributed by atoms with Crippen molar-refractivity contribution in [1.29, 1.82) is 0 Å². The molecular weight excluding hydrogens is 424 g/mol. The Morgan fingerprint density at radius 3 is 2.53 bits per heavy atom. The number of aromatic amines is 1. The molecule has 0 aliphatic carbocycles. The van der Waals surface area contributed by atoms with Gasteiger partial charge >= 0.3 is 0 Å². The molecule has 172 valence electrons. The molecule has 1 aromatic carbocycles. The molecule has 0 radical (unpaired) electrons. The fourth-order valence-corrected chi connectivity index (χ4v) is 6.23. The number of nitrogens with one attached hydrogen (secondary N) is 1. The summed E-state index contributed by atoms with van der Waals surface area (Å²) in [5.74, 6) is 0.217. The lowest BCUT2D eigenvalue weighted by Crippen LogP contribution is -2.40. The summed E-state index contributed by atoms with van der Waals surface area (Å²) >= 11 is 0. The molecule has 8 heteroatoms. The van der Waals surface area contributed by atoms with Gasteiger partial charge in [0, 0.05) is 55.2 Å². The Morgan fingerprint density at radius 2 is 1.84 bits per heavy atom. The highest BCUT2D eigenvalue weighted by Gasteiger charge is 2.32. The van der Waals surface area contributed by atoms with Crippen molar-refractivity contribution >= 4 is 32.5 Å². The van der Waals surface area contributed by atoms with Crippen LogP contribution < -0.4 is 4.90 Å². The topological polar surface area (TPSA) is 78.4 Å². The second-order valence-corrected chi connectivity index (χ2v) is 11.1. The number of aryl methyl sites for hydroxylation is 1. The van der Waals surface area contributed by atoms with Crippen LogP contribution in [0.5, 0.6) is 0 Å².